The second-order valence-corrected chi connectivity index (χ2v) is 7.41. The number of likely N-dealkylation sites (tertiary alicyclic amines) is 1. The number of nitrogens with one attached hydrogen (secondary N) is 1. The zero-order chi connectivity index (χ0) is 16.2. The molecular formula is C16H24N2O3S. The molecule has 1 aliphatic heterocycles. The Morgan fingerprint density at radius 2 is 2.23 bits per heavy atom. The smallest absolute Gasteiger partial charge is 0.407 e. The minimum Gasteiger partial charge on any atom is -0.444 e. The van der Waals surface area contributed by atoms with Gasteiger partial charge >= 0.3 is 6.09 Å². The first-order chi connectivity index (χ1) is 10.3. The highest BCUT2D eigenvalue weighted by molar-refractivity contribution is 7.07. The average Bonchev–Trinajstić information content (AvgIpc) is 2.89. The minimum absolute atomic E-state index is 0.0324. The number of thiophene rings is 1. The van der Waals surface area contributed by atoms with Crippen LogP contribution in [0.1, 0.15) is 39.2 Å². The SMILES string of the molecule is CC(C)(C)OC(=O)N[C@H]1CCCN(C(=O)Cc2ccsc2)C1. The van der Waals surface area contributed by atoms with E-state index in [1.54, 1.807) is 11.3 Å². The Morgan fingerprint density at radius 1 is 1.45 bits per heavy atom. The third-order valence-electron chi connectivity index (χ3n) is 3.43. The van der Waals surface area contributed by atoms with Crippen molar-refractivity contribution in [3.8, 4) is 0 Å². The van der Waals surface area contributed by atoms with Gasteiger partial charge in [-0.15, -0.1) is 0 Å². The number of amides is 2. The van der Waals surface area contributed by atoms with Crippen LogP contribution in [0.2, 0.25) is 0 Å². The number of hydrogen-bond acceptors (Lipinski definition) is 4. The van der Waals surface area contributed by atoms with Crippen LogP contribution < -0.4 is 5.32 Å². The number of rotatable bonds is 3. The largest absolute Gasteiger partial charge is 0.444 e. The highest BCUT2D eigenvalue weighted by Crippen LogP contribution is 2.15. The van der Waals surface area contributed by atoms with Crippen LogP contribution in [0.4, 0.5) is 4.79 Å². The van der Waals surface area contributed by atoms with E-state index in [9.17, 15) is 9.59 Å². The maximum absolute atomic E-state index is 12.3. The van der Waals surface area contributed by atoms with Crippen LogP contribution in [0.5, 0.6) is 0 Å². The molecule has 1 fully saturated rings. The topological polar surface area (TPSA) is 58.6 Å². The van der Waals surface area contributed by atoms with Crippen molar-refractivity contribution in [2.24, 2.45) is 0 Å². The lowest BCUT2D eigenvalue weighted by Gasteiger charge is -2.33. The summed E-state index contributed by atoms with van der Waals surface area (Å²) in [5.74, 6) is 0.120. The summed E-state index contributed by atoms with van der Waals surface area (Å²) in [6, 6.07) is 1.94. The van der Waals surface area contributed by atoms with Crippen molar-refractivity contribution in [2.45, 2.75) is 51.7 Å². The molecule has 0 aromatic carbocycles. The summed E-state index contributed by atoms with van der Waals surface area (Å²) in [5.41, 5.74) is 0.546. The van der Waals surface area contributed by atoms with E-state index in [0.29, 0.717) is 13.0 Å². The van der Waals surface area contributed by atoms with E-state index in [4.69, 9.17) is 4.74 Å². The average molecular weight is 324 g/mol. The van der Waals surface area contributed by atoms with Gasteiger partial charge < -0.3 is 15.0 Å². The van der Waals surface area contributed by atoms with E-state index in [1.807, 2.05) is 42.5 Å². The fourth-order valence-electron chi connectivity index (χ4n) is 2.48. The molecule has 6 heteroatoms. The van der Waals surface area contributed by atoms with Gasteiger partial charge in [-0.2, -0.15) is 11.3 Å². The van der Waals surface area contributed by atoms with E-state index in [-0.39, 0.29) is 11.9 Å². The summed E-state index contributed by atoms with van der Waals surface area (Å²) in [6.07, 6.45) is 1.80. The molecule has 1 aromatic rings. The fourth-order valence-corrected chi connectivity index (χ4v) is 3.14. The number of nitrogens with zero attached hydrogens (tertiary/aromatic N) is 1. The van der Waals surface area contributed by atoms with Crippen molar-refractivity contribution in [2.75, 3.05) is 13.1 Å². The number of alkyl carbamates (subject to hydrolysis) is 1. The van der Waals surface area contributed by atoms with Crippen LogP contribution in [0.3, 0.4) is 0 Å². The minimum atomic E-state index is -0.507. The molecule has 0 bridgehead atoms. The predicted molar refractivity (Wildman–Crippen MR) is 87.0 cm³/mol. The number of hydrogen-bond donors (Lipinski definition) is 1. The van der Waals surface area contributed by atoms with E-state index in [1.165, 1.54) is 0 Å². The second kappa shape index (κ2) is 7.13. The summed E-state index contributed by atoms with van der Waals surface area (Å²) in [4.78, 5) is 26.0. The van der Waals surface area contributed by atoms with Gasteiger partial charge in [0, 0.05) is 19.1 Å². The van der Waals surface area contributed by atoms with Gasteiger partial charge in [0.2, 0.25) is 5.91 Å². The molecule has 22 heavy (non-hydrogen) atoms. The molecule has 1 aromatic heterocycles. The molecule has 1 saturated heterocycles. The van der Waals surface area contributed by atoms with Crippen molar-refractivity contribution in [3.05, 3.63) is 22.4 Å². The molecule has 0 aliphatic carbocycles. The first-order valence-electron chi connectivity index (χ1n) is 7.62. The molecule has 1 atom stereocenters. The van der Waals surface area contributed by atoms with Crippen LogP contribution in [0, 0.1) is 0 Å². The Hall–Kier alpha value is -1.56. The Balaban J connectivity index is 1.83. The molecule has 2 rings (SSSR count). The van der Waals surface area contributed by atoms with Crippen LogP contribution in [-0.2, 0) is 16.0 Å². The van der Waals surface area contributed by atoms with Gasteiger partial charge in [-0.05, 0) is 56.0 Å². The molecule has 122 valence electrons. The fraction of sp³-hybridized carbons (Fsp3) is 0.625. The Kier molecular flexibility index (Phi) is 5.45. The van der Waals surface area contributed by atoms with Crippen molar-refractivity contribution >= 4 is 23.3 Å². The summed E-state index contributed by atoms with van der Waals surface area (Å²) in [6.45, 7) is 6.83. The Bertz CT molecular complexity index is 508. The van der Waals surface area contributed by atoms with Gasteiger partial charge in [-0.3, -0.25) is 4.79 Å². The molecule has 0 unspecified atom stereocenters. The first-order valence-corrected chi connectivity index (χ1v) is 8.56. The summed E-state index contributed by atoms with van der Waals surface area (Å²) >= 11 is 1.60. The second-order valence-electron chi connectivity index (χ2n) is 6.63. The quantitative estimate of drug-likeness (QED) is 0.930. The maximum atomic E-state index is 12.3. The zero-order valence-corrected chi connectivity index (χ0v) is 14.2. The molecule has 0 radical (unpaired) electrons. The summed E-state index contributed by atoms with van der Waals surface area (Å²) < 4.78 is 5.27. The first kappa shape index (κ1) is 16.8. The van der Waals surface area contributed by atoms with Crippen molar-refractivity contribution in [3.63, 3.8) is 0 Å². The zero-order valence-electron chi connectivity index (χ0n) is 13.4. The van der Waals surface area contributed by atoms with E-state index in [0.717, 1.165) is 24.9 Å². The molecule has 2 heterocycles. The molecule has 0 saturated carbocycles. The lowest BCUT2D eigenvalue weighted by Crippen LogP contribution is -2.50. The molecular weight excluding hydrogens is 300 g/mol. The van der Waals surface area contributed by atoms with Gasteiger partial charge in [-0.25, -0.2) is 4.79 Å². The van der Waals surface area contributed by atoms with Crippen LogP contribution in [0.25, 0.3) is 0 Å². The van der Waals surface area contributed by atoms with Gasteiger partial charge in [0.1, 0.15) is 5.60 Å². The summed E-state index contributed by atoms with van der Waals surface area (Å²) in [7, 11) is 0. The lowest BCUT2D eigenvalue weighted by atomic mass is 10.0. The summed E-state index contributed by atoms with van der Waals surface area (Å²) in [5, 5.41) is 6.84. The molecule has 1 aliphatic rings. The van der Waals surface area contributed by atoms with Crippen molar-refractivity contribution in [1.82, 2.24) is 10.2 Å². The number of carbonyl (C=O) groups is 2. The normalized spacial score (nSPS) is 18.9. The predicted octanol–water partition coefficient (Wildman–Crippen LogP) is 2.81. The maximum Gasteiger partial charge on any atom is 0.407 e. The molecule has 2 amide bonds. The standard InChI is InChI=1S/C16H24N2O3S/c1-16(2,3)21-15(20)17-13-5-4-7-18(10-13)14(19)9-12-6-8-22-11-12/h6,8,11,13H,4-5,7,9-10H2,1-3H3,(H,17,20)/t13-/m0/s1. The van der Waals surface area contributed by atoms with Gasteiger partial charge in [0.05, 0.1) is 6.42 Å². The lowest BCUT2D eigenvalue weighted by molar-refractivity contribution is -0.131. The highest BCUT2D eigenvalue weighted by atomic mass is 32.1. The monoisotopic (exact) mass is 324 g/mol. The third-order valence-corrected chi connectivity index (χ3v) is 4.16. The number of carbonyl (C=O) groups excluding carboxylic acids is 2. The van der Waals surface area contributed by atoms with Crippen LogP contribution in [-0.4, -0.2) is 41.6 Å². The van der Waals surface area contributed by atoms with Gasteiger partial charge in [0.25, 0.3) is 0 Å². The van der Waals surface area contributed by atoms with Crippen LogP contribution >= 0.6 is 11.3 Å². The van der Waals surface area contributed by atoms with E-state index in [2.05, 4.69) is 5.32 Å². The third kappa shape index (κ3) is 5.33. The number of ether oxygens (including phenoxy) is 1. The molecule has 0 spiro atoms. The Labute approximate surface area is 135 Å². The van der Waals surface area contributed by atoms with E-state index < -0.39 is 11.7 Å². The van der Waals surface area contributed by atoms with Gasteiger partial charge in [-0.1, -0.05) is 0 Å². The van der Waals surface area contributed by atoms with Crippen LogP contribution in [0.15, 0.2) is 16.8 Å². The Morgan fingerprint density at radius 3 is 2.86 bits per heavy atom. The van der Waals surface area contributed by atoms with Crippen molar-refractivity contribution < 1.29 is 14.3 Å². The van der Waals surface area contributed by atoms with Crippen molar-refractivity contribution in [1.29, 1.82) is 0 Å². The number of piperidine rings is 1. The van der Waals surface area contributed by atoms with Gasteiger partial charge in [0.15, 0.2) is 0 Å². The highest BCUT2D eigenvalue weighted by Gasteiger charge is 2.26. The van der Waals surface area contributed by atoms with E-state index >= 15 is 0 Å². The molecule has 5 nitrogen and oxygen atoms in total. The molecule has 1 N–H and O–H groups in total.